The number of nitriles is 1. The Bertz CT molecular complexity index is 3590. The van der Waals surface area contributed by atoms with Crippen molar-refractivity contribution in [2.45, 2.75) is 309 Å². The molecule has 0 unspecified atom stereocenters. The molecule has 9 N–H and O–H groups in total. The number of allylic oxidation sites excluding steroid dienone is 3. The van der Waals surface area contributed by atoms with Crippen LogP contribution in [-0.2, 0) is 71.4 Å². The topological polar surface area (TPSA) is 418 Å². The van der Waals surface area contributed by atoms with E-state index >= 15 is 0 Å². The van der Waals surface area contributed by atoms with Gasteiger partial charge in [0.05, 0.1) is 30.5 Å². The van der Waals surface area contributed by atoms with Gasteiger partial charge in [0.2, 0.25) is 0 Å². The van der Waals surface area contributed by atoms with Gasteiger partial charge in [0.1, 0.15) is 54.7 Å². The smallest absolute Gasteiger partial charge is 0.870 e. The van der Waals surface area contributed by atoms with Crippen LogP contribution in [0.2, 0.25) is 0 Å². The monoisotopic (exact) mass is 1740 g/mol. The van der Waals surface area contributed by atoms with E-state index in [1.807, 2.05) is 27.7 Å². The van der Waals surface area contributed by atoms with Gasteiger partial charge >= 0.3 is 77.1 Å². The van der Waals surface area contributed by atoms with Crippen molar-refractivity contribution in [1.82, 2.24) is 0 Å². The Morgan fingerprint density at radius 2 is 0.787 bits per heavy atom. The normalized spacial score (nSPS) is 44.5. The Balaban J connectivity index is 0.000000771. The minimum absolute atomic E-state index is 0. The fourth-order valence-electron chi connectivity index (χ4n) is 27.6. The molecule has 12 aliphatic rings. The van der Waals surface area contributed by atoms with Crippen LogP contribution in [0.1, 0.15) is 254 Å². The van der Waals surface area contributed by atoms with Crippen LogP contribution in [0, 0.1) is 148 Å². The number of nitrogens with two attached hydrogens (primary N) is 1. The zero-order valence-electron chi connectivity index (χ0n) is 77.5. The van der Waals surface area contributed by atoms with Gasteiger partial charge in [-0.3, -0.25) is 19.2 Å². The minimum atomic E-state index is -0.774. The summed E-state index contributed by atoms with van der Waals surface area (Å²) in [7, 11) is 9.84. The van der Waals surface area contributed by atoms with E-state index in [0.717, 1.165) is 96.3 Å². The largest absolute Gasteiger partial charge is 1.00 e. The Kier molecular flexibility index (Phi) is 43.0. The van der Waals surface area contributed by atoms with Crippen molar-refractivity contribution in [2.24, 2.45) is 142 Å². The van der Waals surface area contributed by atoms with Crippen molar-refractivity contribution in [3.05, 3.63) is 50.6 Å². The van der Waals surface area contributed by atoms with Gasteiger partial charge in [-0.1, -0.05) is 129 Å². The molecule has 27 heteroatoms. The van der Waals surface area contributed by atoms with Crippen LogP contribution in [0.5, 0.6) is 0 Å². The molecule has 0 spiro atoms. The molecule has 25 nitrogen and oxygen atoms in total. The number of Topliss-reactive ketones (excluding diaryl/α,β-unsaturated/α-hetero) is 4. The summed E-state index contributed by atoms with van der Waals surface area (Å²) in [5, 5.41) is 56.3. The maximum atomic E-state index is 13.7. The number of primary amides is 1. The molecular weight excluding hydrogens is 1580 g/mol. The van der Waals surface area contributed by atoms with Gasteiger partial charge in [0.25, 0.3) is 6.48 Å². The number of ketones is 4. The molecule has 12 rings (SSSR count). The van der Waals surface area contributed by atoms with Crippen LogP contribution in [0.15, 0.2) is 50.6 Å². The van der Waals surface area contributed by atoms with E-state index in [2.05, 4.69) is 124 Å². The third kappa shape index (κ3) is 19.8. The fraction of sp³-hybridized carbons (Fsp3) is 0.832. The molecule has 0 radical (unpaired) electrons. The number of aliphatic hydroxyl groups is 4. The summed E-state index contributed by atoms with van der Waals surface area (Å²) in [4.78, 5) is 89.8. The van der Waals surface area contributed by atoms with Crippen LogP contribution < -0.4 is 70.0 Å². The average Bonchev–Trinajstić information content (AvgIpc) is 1.46. The Morgan fingerprint density at radius 1 is 0.492 bits per heavy atom. The molecule has 122 heavy (non-hydrogen) atoms. The number of carbonyl (C=O) groups is 7. The summed E-state index contributed by atoms with van der Waals surface area (Å²) in [5.41, 5.74) is 0.761. The van der Waals surface area contributed by atoms with E-state index in [4.69, 9.17) is 44.5 Å². The molecule has 1 amide bonds. The number of ether oxygens (including phenoxy) is 9. The van der Waals surface area contributed by atoms with Gasteiger partial charge < -0.3 is 84.9 Å². The van der Waals surface area contributed by atoms with Crippen molar-refractivity contribution in [2.75, 3.05) is 55.9 Å². The third-order valence-electron chi connectivity index (χ3n) is 35.6. The SMILES string of the molecule is C.C.C=C[C@]1(C)C[C@@H](O)[C@]2(C)[C@H](C)CC[C@]3(CC[C@@H](OC)[C@@H]32)[C@@H](C)C1=O.C=C[C@]1(C)C[C@@H](OC(=O)CO)[C@]2(C)[C@H](C)CC[C@]3(CCC(=O)[C@H]32)[C@@H](C)[C@@H]1O.C=C[C@]1(C)C[C@@H](OC(=O)CO)[C@]2(C)[C@H](C)CC[C@]3(CC[C@@H](OC)[C@@H]32)[C@@H](C)C1=O.C=C[C@]1(C)C[C@@H](OC(N)=O)[C@]2(C)[C@H](C)CC[C@]3(CC[C@@H](OC)[C@@H]32)[C@@H](C)C1=O.COC(OC)OC.N#C[O-].O.[Na+].[Na+].[OH-]. The van der Waals surface area contributed by atoms with Crippen LogP contribution in [0.25, 0.3) is 0 Å². The van der Waals surface area contributed by atoms with Crippen LogP contribution >= 0.6 is 0 Å². The third-order valence-corrected chi connectivity index (χ3v) is 35.6. The Labute approximate surface area is 776 Å². The molecular formula is C95H160N2Na2O23. The van der Waals surface area contributed by atoms with E-state index in [1.54, 1.807) is 45.6 Å². The first-order chi connectivity index (χ1) is 54.2. The maximum absolute atomic E-state index is 13.7. The van der Waals surface area contributed by atoms with Crippen molar-refractivity contribution >= 4 is 41.2 Å². The maximum Gasteiger partial charge on any atom is 1.00 e. The molecule has 8 bridgehead atoms. The van der Waals surface area contributed by atoms with E-state index in [0.29, 0.717) is 56.1 Å². The van der Waals surface area contributed by atoms with Crippen molar-refractivity contribution in [3.8, 4) is 6.26 Å². The molecule has 12 saturated carbocycles. The summed E-state index contributed by atoms with van der Waals surface area (Å²) in [6.45, 7) is 47.8. The molecule has 0 aromatic rings. The fourth-order valence-corrected chi connectivity index (χ4v) is 27.6. The molecule has 0 aliphatic heterocycles. The van der Waals surface area contributed by atoms with Crippen molar-refractivity contribution in [1.29, 1.82) is 5.26 Å². The number of amides is 1. The van der Waals surface area contributed by atoms with Crippen LogP contribution in [-0.4, -0.2) is 184 Å². The van der Waals surface area contributed by atoms with E-state index in [9.17, 15) is 54.0 Å². The Hall–Kier alpha value is -3.34. The molecule has 0 aromatic carbocycles. The number of methoxy groups -OCH3 is 6. The molecule has 0 heterocycles. The van der Waals surface area contributed by atoms with Gasteiger partial charge in [-0.15, -0.1) is 26.3 Å². The van der Waals surface area contributed by atoms with Gasteiger partial charge in [-0.2, -0.15) is 0 Å². The van der Waals surface area contributed by atoms with Crippen molar-refractivity contribution < 1.29 is 172 Å². The quantitative estimate of drug-likeness (QED) is 0.0260. The molecule has 32 atom stereocenters. The van der Waals surface area contributed by atoms with Gasteiger partial charge in [0, 0.05) is 147 Å². The predicted octanol–water partition coefficient (Wildman–Crippen LogP) is 7.84. The number of nitrogens with zero attached hydrogens (tertiary/aromatic N) is 1. The first-order valence-corrected chi connectivity index (χ1v) is 43.0. The molecule has 12 fully saturated rings. The predicted molar refractivity (Wildman–Crippen MR) is 457 cm³/mol. The van der Waals surface area contributed by atoms with Gasteiger partial charge in [-0.25, -0.2) is 19.6 Å². The number of aliphatic hydroxyl groups excluding tert-OH is 4. The number of carbonyl (C=O) groups excluding carboxylic acids is 7. The van der Waals surface area contributed by atoms with Gasteiger partial charge in [0.15, 0.2) is 0 Å². The second kappa shape index (κ2) is 45.0. The van der Waals surface area contributed by atoms with E-state index in [-0.39, 0.29) is 218 Å². The van der Waals surface area contributed by atoms with Crippen LogP contribution in [0.3, 0.4) is 0 Å². The Morgan fingerprint density at radius 3 is 1.09 bits per heavy atom. The number of hydrogen-bond acceptors (Lipinski definition) is 23. The first-order valence-electron chi connectivity index (χ1n) is 43.0. The second-order valence-corrected chi connectivity index (χ2v) is 39.6. The van der Waals surface area contributed by atoms with Crippen molar-refractivity contribution in [3.63, 3.8) is 0 Å². The molecule has 0 saturated heterocycles. The van der Waals surface area contributed by atoms with E-state index < -0.39 is 95.3 Å². The molecule has 12 aliphatic carbocycles. The van der Waals surface area contributed by atoms with Crippen LogP contribution in [0.4, 0.5) is 4.79 Å². The summed E-state index contributed by atoms with van der Waals surface area (Å²) in [6, 6.07) is 0. The zero-order valence-corrected chi connectivity index (χ0v) is 81.5. The standard InChI is InChI=1S/C23H36O5.C22H35NO4.C22H34O5.C21H34O3.C4H10O3.CHNO.2CH4.2Na.2H2O/c1-7-21(4)12-17(28-18(25)13-24)22(5)14(2)8-10-23(15(3)20(21)26)11-9-16(27-6)19(22)23;1-7-20(4)12-16(27-19(23)25)21(5)13(2)8-10-22(14(3)18(20)24)11-9-15(26-6)17(21)22;1-6-20(4)11-16(27-17(25)12-23)21(5)13(2)7-9-22(14(3)19(20)26)10-8-15(24)18(21)22;1-7-19(4)12-16(22)20(5)13(2)8-10-21(14(3)18(19)23)11-9-15(24-6)17(20)21;1-5-4(6-2)7-3;2-1-3;;;;;;/h7,14-17,19,24H,1,8-13H2,2-6H3;7,13-17H,1,8-12H2,2-6H3,(H2,23,25);6,13-14,16,18-19,23,26H,1,7-12H2,2-5H3;7,13-17,22H,1,8-12H2,2-6H3;4H,1-3H3;3H;2*1H4;;;2*1H2/q;;;;;;;;2*+1;;/p-2/t14-,15+,16-,17-,19-,21-,22+,23+;13-,14+,15-,16-,17-,20-,21+,22+;13-,14+,16-,18+,19+,20-,21+,22+;13-,14+,15-,16-,17-,19-,20+,21+;;;;;;;;/m1111......../s1. The second-order valence-electron chi connectivity index (χ2n) is 39.6. The summed E-state index contributed by atoms with van der Waals surface area (Å²) < 4.78 is 49.0. The first kappa shape index (κ1) is 117. The van der Waals surface area contributed by atoms with Gasteiger partial charge in [-0.05, 0) is 187 Å². The zero-order chi connectivity index (χ0) is 87.6. The number of hydrogen-bond donors (Lipinski definition) is 5. The minimum Gasteiger partial charge on any atom is -0.870 e. The number of esters is 2. The summed E-state index contributed by atoms with van der Waals surface area (Å²) in [6.07, 6.45) is 21.2. The summed E-state index contributed by atoms with van der Waals surface area (Å²) in [5.74, 6) is 0.946. The molecule has 690 valence electrons. The number of rotatable bonds is 15. The molecule has 0 aromatic heterocycles. The summed E-state index contributed by atoms with van der Waals surface area (Å²) >= 11 is 0. The average molecular weight is 1740 g/mol. The van der Waals surface area contributed by atoms with E-state index in [1.165, 1.54) is 21.3 Å².